The topological polar surface area (TPSA) is 121 Å². The molecule has 0 aliphatic rings. The van der Waals surface area contributed by atoms with Gasteiger partial charge in [-0.05, 0) is 0 Å². The van der Waals surface area contributed by atoms with Crippen LogP contribution in [0.15, 0.2) is 0 Å². The molecular formula is C2H4INa2O6P. The van der Waals surface area contributed by atoms with Crippen LogP contribution in [0.25, 0.3) is 0 Å². The average molecular weight is 328 g/mol. The van der Waals surface area contributed by atoms with Gasteiger partial charge >= 0.3 is 59.1 Å². The van der Waals surface area contributed by atoms with Crippen LogP contribution in [0.5, 0.6) is 0 Å². The van der Waals surface area contributed by atoms with Crippen molar-refractivity contribution < 1.29 is 88.3 Å². The fourth-order valence-electron chi connectivity index (χ4n) is 0. The molecule has 0 unspecified atom stereocenters. The second-order valence-electron chi connectivity index (χ2n) is 0.996. The molecule has 0 saturated heterocycles. The smallest absolute Gasteiger partial charge is 0.756 e. The summed E-state index contributed by atoms with van der Waals surface area (Å²) in [5.41, 5.74) is 0. The first-order valence-corrected chi connectivity index (χ1v) is 4.85. The van der Waals surface area contributed by atoms with E-state index in [0.717, 1.165) is 0 Å². The van der Waals surface area contributed by atoms with Gasteiger partial charge in [0.2, 0.25) is 0 Å². The molecule has 0 bridgehead atoms. The number of hydrogen-bond donors (Lipinski definition) is 2. The quantitative estimate of drug-likeness (QED) is 0.213. The van der Waals surface area contributed by atoms with Crippen molar-refractivity contribution in [1.82, 2.24) is 0 Å². The zero-order valence-electron chi connectivity index (χ0n) is 6.56. The largest absolute Gasteiger partial charge is 1.00 e. The SMILES string of the molecule is O=C([O-])CI.O=P([O-])(O)O.[Na+].[Na+]. The third-order valence-corrected chi connectivity index (χ3v) is 0.732. The van der Waals surface area contributed by atoms with Gasteiger partial charge in [-0.3, -0.25) is 4.57 Å². The van der Waals surface area contributed by atoms with Gasteiger partial charge < -0.3 is 24.6 Å². The molecule has 0 spiro atoms. The molecule has 0 saturated carbocycles. The van der Waals surface area contributed by atoms with Crippen molar-refractivity contribution in [2.24, 2.45) is 0 Å². The minimum absolute atomic E-state index is 0. The number of carbonyl (C=O) groups excluding carboxylic acids is 1. The Bertz CT molecular complexity index is 138. The predicted molar refractivity (Wildman–Crippen MR) is 35.9 cm³/mol. The van der Waals surface area contributed by atoms with Crippen LogP contribution >= 0.6 is 30.4 Å². The van der Waals surface area contributed by atoms with Crippen molar-refractivity contribution in [3.05, 3.63) is 0 Å². The van der Waals surface area contributed by atoms with Crippen LogP contribution < -0.4 is 69.1 Å². The van der Waals surface area contributed by atoms with Gasteiger partial charge in [-0.15, -0.1) is 0 Å². The zero-order valence-corrected chi connectivity index (χ0v) is 13.6. The third kappa shape index (κ3) is 84.8. The maximum atomic E-state index is 9.25. The second-order valence-corrected chi connectivity index (χ2v) is 2.74. The van der Waals surface area contributed by atoms with Crippen LogP contribution in [0.2, 0.25) is 0 Å². The molecule has 0 aliphatic heterocycles. The molecule has 0 amide bonds. The van der Waals surface area contributed by atoms with Gasteiger partial charge in [-0.25, -0.2) is 0 Å². The van der Waals surface area contributed by atoms with E-state index in [9.17, 15) is 9.90 Å². The molecule has 0 aromatic carbocycles. The summed E-state index contributed by atoms with van der Waals surface area (Å²) in [5.74, 6) is -1.01. The van der Waals surface area contributed by atoms with E-state index >= 15 is 0 Å². The first-order chi connectivity index (χ1) is 4.27. The summed E-state index contributed by atoms with van der Waals surface area (Å²) in [5, 5.41) is 9.25. The first-order valence-electron chi connectivity index (χ1n) is 1.79. The molecule has 2 N–H and O–H groups in total. The Morgan fingerprint density at radius 2 is 1.50 bits per heavy atom. The number of phosphoric acid groups is 1. The number of carboxylic acid groups (broad SMARTS) is 1. The standard InChI is InChI=1S/C2H3IO2.2Na.H3O4P/c3-1-2(4)5;;;1-5(2,3)4/h1H2,(H,4,5);;;(H3,1,2,3,4)/q;2*+1;/p-2. The minimum Gasteiger partial charge on any atom is -0.756 e. The van der Waals surface area contributed by atoms with E-state index < -0.39 is 13.8 Å². The molecule has 0 heterocycles. The molecule has 12 heavy (non-hydrogen) atoms. The first kappa shape index (κ1) is 23.8. The fraction of sp³-hybridized carbons (Fsp3) is 0.500. The molecule has 0 aromatic rings. The Balaban J connectivity index is -0.0000000457. The minimum atomic E-state index is -4.89. The Morgan fingerprint density at radius 1 is 1.42 bits per heavy atom. The van der Waals surface area contributed by atoms with Gasteiger partial charge in [0.25, 0.3) is 7.82 Å². The number of hydrogen-bond acceptors (Lipinski definition) is 4. The zero-order chi connectivity index (χ0) is 8.78. The number of aliphatic carboxylic acids is 1. The Labute approximate surface area is 127 Å². The van der Waals surface area contributed by atoms with Crippen LogP contribution in [0, 0.1) is 0 Å². The Morgan fingerprint density at radius 3 is 1.50 bits per heavy atom. The van der Waals surface area contributed by atoms with Crippen LogP contribution in [-0.2, 0) is 9.36 Å². The molecular weight excluding hydrogens is 324 g/mol. The summed E-state index contributed by atoms with van der Waals surface area (Å²) in [6.45, 7) is 0. The Kier molecular flexibility index (Phi) is 26.5. The second kappa shape index (κ2) is 13.3. The summed E-state index contributed by atoms with van der Waals surface area (Å²) in [7, 11) is -4.89. The average Bonchev–Trinajstić information content (AvgIpc) is 1.61. The number of alkyl halides is 1. The monoisotopic (exact) mass is 328 g/mol. The van der Waals surface area contributed by atoms with Crippen molar-refractivity contribution in [3.8, 4) is 0 Å². The molecule has 62 valence electrons. The van der Waals surface area contributed by atoms with Crippen molar-refractivity contribution in [2.45, 2.75) is 0 Å². The van der Waals surface area contributed by atoms with E-state index in [1.807, 2.05) is 0 Å². The summed E-state index contributed by atoms with van der Waals surface area (Å²) in [4.78, 5) is 32.2. The van der Waals surface area contributed by atoms with Crippen molar-refractivity contribution in [2.75, 3.05) is 4.43 Å². The summed E-state index contributed by atoms with van der Waals surface area (Å²) in [6, 6.07) is 0. The van der Waals surface area contributed by atoms with E-state index in [0.29, 0.717) is 0 Å². The van der Waals surface area contributed by atoms with Crippen LogP contribution in [0.4, 0.5) is 0 Å². The van der Waals surface area contributed by atoms with Gasteiger partial charge in [0.05, 0.1) is 5.97 Å². The van der Waals surface area contributed by atoms with Crippen molar-refractivity contribution in [1.29, 1.82) is 0 Å². The van der Waals surface area contributed by atoms with Crippen LogP contribution in [0.1, 0.15) is 0 Å². The molecule has 0 fully saturated rings. The Hall–Kier alpha value is 2.31. The van der Waals surface area contributed by atoms with Crippen molar-refractivity contribution in [3.63, 3.8) is 0 Å². The van der Waals surface area contributed by atoms with E-state index in [-0.39, 0.29) is 63.5 Å². The summed E-state index contributed by atoms with van der Waals surface area (Å²) >= 11 is 1.72. The number of carboxylic acids is 1. The molecule has 6 nitrogen and oxygen atoms in total. The molecule has 0 aromatic heterocycles. The van der Waals surface area contributed by atoms with E-state index in [1.54, 1.807) is 22.6 Å². The number of rotatable bonds is 1. The maximum absolute atomic E-state index is 9.25. The molecule has 0 aliphatic carbocycles. The number of carbonyl (C=O) groups is 1. The van der Waals surface area contributed by atoms with Crippen molar-refractivity contribution >= 4 is 36.4 Å². The van der Waals surface area contributed by atoms with Gasteiger partial charge in [0, 0.05) is 4.43 Å². The van der Waals surface area contributed by atoms with E-state index in [2.05, 4.69) is 0 Å². The molecule has 10 heteroatoms. The van der Waals surface area contributed by atoms with Gasteiger partial charge in [-0.2, -0.15) is 0 Å². The summed E-state index contributed by atoms with van der Waals surface area (Å²) in [6.07, 6.45) is 0. The van der Waals surface area contributed by atoms with Gasteiger partial charge in [0.15, 0.2) is 0 Å². The number of halogens is 1. The van der Waals surface area contributed by atoms with Gasteiger partial charge in [0.1, 0.15) is 0 Å². The van der Waals surface area contributed by atoms with Gasteiger partial charge in [-0.1, -0.05) is 22.6 Å². The van der Waals surface area contributed by atoms with Crippen LogP contribution in [0.3, 0.4) is 0 Å². The molecule has 0 radical (unpaired) electrons. The molecule has 0 atom stereocenters. The predicted octanol–water partition coefficient (Wildman–Crippen LogP) is -8.38. The normalized spacial score (nSPS) is 8.00. The maximum Gasteiger partial charge on any atom is 1.00 e. The van der Waals surface area contributed by atoms with Crippen LogP contribution in [-0.4, -0.2) is 20.2 Å². The third-order valence-electron chi connectivity index (χ3n) is 0.109. The van der Waals surface area contributed by atoms with E-state index in [1.165, 1.54) is 0 Å². The summed E-state index contributed by atoms with van der Waals surface area (Å²) < 4.78 is 8.85. The molecule has 0 rings (SSSR count). The van der Waals surface area contributed by atoms with E-state index in [4.69, 9.17) is 19.2 Å². The fourth-order valence-corrected chi connectivity index (χ4v) is 0.